The van der Waals surface area contributed by atoms with Crippen molar-refractivity contribution in [2.75, 3.05) is 5.32 Å². The Balaban J connectivity index is 2.88. The lowest BCUT2D eigenvalue weighted by Gasteiger charge is -2.11. The molecule has 1 amide bonds. The third-order valence-corrected chi connectivity index (χ3v) is 4.56. The van der Waals surface area contributed by atoms with E-state index in [1.807, 2.05) is 0 Å². The molecule has 20 heavy (non-hydrogen) atoms. The monoisotopic (exact) mass is 362 g/mol. The number of nitrogens with two attached hydrogens (primary N) is 1. The van der Waals surface area contributed by atoms with Crippen LogP contribution in [0.2, 0.25) is 0 Å². The number of benzene rings is 1. The molecule has 0 radical (unpaired) electrons. The molecule has 0 saturated carbocycles. The fourth-order valence-corrected chi connectivity index (χ4v) is 3.20. The van der Waals surface area contributed by atoms with Gasteiger partial charge in [0.1, 0.15) is 0 Å². The summed E-state index contributed by atoms with van der Waals surface area (Å²) in [5.41, 5.74) is 1.05. The fraction of sp³-hybridized carbons (Fsp3) is 0.462. The number of unbranched alkanes of at least 4 members (excludes halogenated alkanes) is 2. The van der Waals surface area contributed by atoms with Gasteiger partial charge in [-0.2, -0.15) is 0 Å². The predicted molar refractivity (Wildman–Crippen MR) is 83.0 cm³/mol. The topological polar surface area (TPSA) is 89.3 Å². The van der Waals surface area contributed by atoms with Crippen LogP contribution in [0.5, 0.6) is 0 Å². The number of rotatable bonds is 6. The highest BCUT2D eigenvalue weighted by Crippen LogP contribution is 2.28. The Morgan fingerprint density at radius 3 is 2.55 bits per heavy atom. The lowest BCUT2D eigenvalue weighted by molar-refractivity contribution is -0.116. The second-order valence-electron chi connectivity index (χ2n) is 4.65. The Kier molecular flexibility index (Phi) is 6.16. The number of nitrogens with one attached hydrogen (secondary N) is 1. The molecule has 0 aliphatic carbocycles. The summed E-state index contributed by atoms with van der Waals surface area (Å²) < 4.78 is 23.3. The summed E-state index contributed by atoms with van der Waals surface area (Å²) in [5, 5.41) is 7.89. The van der Waals surface area contributed by atoms with Crippen molar-refractivity contribution < 1.29 is 13.2 Å². The number of amides is 1. The lowest BCUT2D eigenvalue weighted by Crippen LogP contribution is -2.15. The Bertz CT molecular complexity index is 600. The SMILES string of the molecule is CCCCCC(=O)Nc1cc(C)c(S(N)(=O)=O)cc1Br. The molecule has 0 fully saturated rings. The molecule has 1 aromatic rings. The van der Waals surface area contributed by atoms with E-state index in [0.717, 1.165) is 19.3 Å². The zero-order valence-electron chi connectivity index (χ0n) is 11.6. The van der Waals surface area contributed by atoms with E-state index in [1.165, 1.54) is 6.07 Å². The first kappa shape index (κ1) is 17.1. The smallest absolute Gasteiger partial charge is 0.238 e. The van der Waals surface area contributed by atoms with Gasteiger partial charge in [0, 0.05) is 10.9 Å². The van der Waals surface area contributed by atoms with Crippen molar-refractivity contribution >= 4 is 37.5 Å². The number of primary sulfonamides is 1. The normalized spacial score (nSPS) is 11.4. The third-order valence-electron chi connectivity index (χ3n) is 2.85. The summed E-state index contributed by atoms with van der Waals surface area (Å²) in [6.45, 7) is 3.71. The highest BCUT2D eigenvalue weighted by molar-refractivity contribution is 9.10. The van der Waals surface area contributed by atoms with Crippen LogP contribution in [0, 0.1) is 6.92 Å². The molecular weight excluding hydrogens is 344 g/mol. The minimum atomic E-state index is -3.76. The van der Waals surface area contributed by atoms with E-state index in [9.17, 15) is 13.2 Å². The number of anilines is 1. The summed E-state index contributed by atoms with van der Waals surface area (Å²) >= 11 is 3.25. The number of halogens is 1. The molecule has 3 N–H and O–H groups in total. The van der Waals surface area contributed by atoms with E-state index in [1.54, 1.807) is 13.0 Å². The van der Waals surface area contributed by atoms with E-state index >= 15 is 0 Å². The first-order chi connectivity index (χ1) is 9.25. The third kappa shape index (κ3) is 4.88. The molecule has 0 bridgehead atoms. The van der Waals surface area contributed by atoms with Crippen LogP contribution < -0.4 is 10.5 Å². The minimum Gasteiger partial charge on any atom is -0.325 e. The van der Waals surface area contributed by atoms with Crippen molar-refractivity contribution in [2.24, 2.45) is 5.14 Å². The van der Waals surface area contributed by atoms with E-state index < -0.39 is 10.0 Å². The van der Waals surface area contributed by atoms with Gasteiger partial charge in [-0.25, -0.2) is 13.6 Å². The maximum atomic E-state index is 11.8. The second-order valence-corrected chi connectivity index (χ2v) is 7.03. The average molecular weight is 363 g/mol. The molecule has 0 spiro atoms. The number of hydrogen-bond acceptors (Lipinski definition) is 3. The molecule has 7 heteroatoms. The summed E-state index contributed by atoms with van der Waals surface area (Å²) in [5.74, 6) is -0.0816. The molecule has 0 aliphatic heterocycles. The van der Waals surface area contributed by atoms with Crippen molar-refractivity contribution in [1.29, 1.82) is 0 Å². The highest BCUT2D eigenvalue weighted by atomic mass is 79.9. The first-order valence-corrected chi connectivity index (χ1v) is 8.72. The van der Waals surface area contributed by atoms with Crippen LogP contribution in [0.3, 0.4) is 0 Å². The molecule has 0 aromatic heterocycles. The Morgan fingerprint density at radius 1 is 1.35 bits per heavy atom. The molecule has 1 rings (SSSR count). The van der Waals surface area contributed by atoms with Gasteiger partial charge >= 0.3 is 0 Å². The number of hydrogen-bond donors (Lipinski definition) is 2. The van der Waals surface area contributed by atoms with Crippen molar-refractivity contribution in [3.63, 3.8) is 0 Å². The zero-order chi connectivity index (χ0) is 15.3. The molecule has 5 nitrogen and oxygen atoms in total. The average Bonchev–Trinajstić information content (AvgIpc) is 2.32. The number of aryl methyl sites for hydroxylation is 1. The van der Waals surface area contributed by atoms with Gasteiger partial charge in [0.05, 0.1) is 10.6 Å². The van der Waals surface area contributed by atoms with E-state index in [0.29, 0.717) is 22.1 Å². The van der Waals surface area contributed by atoms with Crippen molar-refractivity contribution in [1.82, 2.24) is 0 Å². The van der Waals surface area contributed by atoms with Crippen molar-refractivity contribution in [2.45, 2.75) is 44.4 Å². The molecular formula is C13H19BrN2O3S. The summed E-state index contributed by atoms with van der Waals surface area (Å²) in [6, 6.07) is 3.01. The summed E-state index contributed by atoms with van der Waals surface area (Å²) in [4.78, 5) is 11.8. The summed E-state index contributed by atoms with van der Waals surface area (Å²) in [6.07, 6.45) is 3.36. The van der Waals surface area contributed by atoms with Crippen LogP contribution in [-0.4, -0.2) is 14.3 Å². The van der Waals surface area contributed by atoms with Crippen LogP contribution >= 0.6 is 15.9 Å². The quantitative estimate of drug-likeness (QED) is 0.762. The Hall–Kier alpha value is -0.920. The molecule has 0 atom stereocenters. The van der Waals surface area contributed by atoms with Crippen LogP contribution in [-0.2, 0) is 14.8 Å². The zero-order valence-corrected chi connectivity index (χ0v) is 14.0. The van der Waals surface area contributed by atoms with Gasteiger partial charge in [-0.3, -0.25) is 4.79 Å². The number of sulfonamides is 1. The predicted octanol–water partition coefficient (Wildman–Crippen LogP) is 2.92. The Labute approximate surface area is 128 Å². The first-order valence-electron chi connectivity index (χ1n) is 6.38. The largest absolute Gasteiger partial charge is 0.325 e. The van der Waals surface area contributed by atoms with Gasteiger partial charge in [0.25, 0.3) is 0 Å². The van der Waals surface area contributed by atoms with Crippen molar-refractivity contribution in [3.8, 4) is 0 Å². The van der Waals surface area contributed by atoms with E-state index in [2.05, 4.69) is 28.2 Å². The van der Waals surface area contributed by atoms with Crippen molar-refractivity contribution in [3.05, 3.63) is 22.2 Å². The van der Waals surface area contributed by atoms with Gasteiger partial charge in [-0.15, -0.1) is 0 Å². The Morgan fingerprint density at radius 2 is 2.00 bits per heavy atom. The minimum absolute atomic E-state index is 0.0494. The molecule has 0 saturated heterocycles. The molecule has 0 unspecified atom stereocenters. The van der Waals surface area contributed by atoms with E-state index in [-0.39, 0.29) is 10.8 Å². The molecule has 0 aliphatic rings. The van der Waals surface area contributed by atoms with Gasteiger partial charge in [0.2, 0.25) is 15.9 Å². The molecule has 112 valence electrons. The maximum absolute atomic E-state index is 11.8. The van der Waals surface area contributed by atoms with Crippen LogP contribution in [0.15, 0.2) is 21.5 Å². The van der Waals surface area contributed by atoms with Crippen LogP contribution in [0.25, 0.3) is 0 Å². The van der Waals surface area contributed by atoms with Gasteiger partial charge < -0.3 is 5.32 Å². The van der Waals surface area contributed by atoms with Crippen LogP contribution in [0.4, 0.5) is 5.69 Å². The second kappa shape index (κ2) is 7.19. The maximum Gasteiger partial charge on any atom is 0.238 e. The lowest BCUT2D eigenvalue weighted by atomic mass is 10.2. The van der Waals surface area contributed by atoms with E-state index in [4.69, 9.17) is 5.14 Å². The standard InChI is InChI=1S/C13H19BrN2O3S/c1-3-4-5-6-13(17)16-11-7-9(2)12(8-10(11)14)20(15,18)19/h7-8H,3-6H2,1-2H3,(H,16,17)(H2,15,18,19). The number of carbonyl (C=O) groups excluding carboxylic acids is 1. The van der Waals surface area contributed by atoms with Gasteiger partial charge in [-0.05, 0) is 47.0 Å². The van der Waals surface area contributed by atoms with Gasteiger partial charge in [0.15, 0.2) is 0 Å². The summed E-state index contributed by atoms with van der Waals surface area (Å²) in [7, 11) is -3.76. The fourth-order valence-electron chi connectivity index (χ4n) is 1.81. The number of carbonyl (C=O) groups is 1. The van der Waals surface area contributed by atoms with Gasteiger partial charge in [-0.1, -0.05) is 19.8 Å². The van der Waals surface area contributed by atoms with Crippen LogP contribution in [0.1, 0.15) is 38.2 Å². The molecule has 0 heterocycles. The highest BCUT2D eigenvalue weighted by Gasteiger charge is 2.15. The molecule has 1 aromatic carbocycles.